The van der Waals surface area contributed by atoms with Crippen LogP contribution in [-0.4, -0.2) is 49.1 Å². The fourth-order valence-electron chi connectivity index (χ4n) is 3.88. The molecule has 7 heteroatoms. The maximum Gasteiger partial charge on any atom is 0.293 e. The van der Waals surface area contributed by atoms with Crippen LogP contribution in [0.15, 0.2) is 18.2 Å². The van der Waals surface area contributed by atoms with Crippen molar-refractivity contribution < 1.29 is 14.6 Å². The zero-order chi connectivity index (χ0) is 20.0. The smallest absolute Gasteiger partial charge is 0.293 e. The van der Waals surface area contributed by atoms with E-state index in [1.807, 2.05) is 0 Å². The van der Waals surface area contributed by atoms with Crippen LogP contribution >= 0.6 is 0 Å². The monoisotopic (exact) mass is 377 g/mol. The molecule has 0 aromatic heterocycles. The van der Waals surface area contributed by atoms with Crippen molar-refractivity contribution in [3.05, 3.63) is 33.9 Å². The van der Waals surface area contributed by atoms with E-state index in [0.717, 1.165) is 38.9 Å². The lowest BCUT2D eigenvalue weighted by Gasteiger charge is -2.28. The number of benzene rings is 1. The molecule has 150 valence electrons. The summed E-state index contributed by atoms with van der Waals surface area (Å²) in [4.78, 5) is 27.1. The topological polar surface area (TPSA) is 79.9 Å². The van der Waals surface area contributed by atoms with Crippen LogP contribution in [0.5, 0.6) is 0 Å². The molecule has 0 atom stereocenters. The first kappa shape index (κ1) is 21.2. The molecule has 1 aliphatic rings. The highest BCUT2D eigenvalue weighted by atomic mass is 16.6. The minimum Gasteiger partial charge on any atom is -0.366 e. The summed E-state index contributed by atoms with van der Waals surface area (Å²) in [5, 5.41) is 14.4. The van der Waals surface area contributed by atoms with Gasteiger partial charge in [-0.15, -0.1) is 0 Å². The van der Waals surface area contributed by atoms with Gasteiger partial charge in [0.15, 0.2) is 0 Å². The summed E-state index contributed by atoms with van der Waals surface area (Å²) < 4.78 is 0. The highest BCUT2D eigenvalue weighted by Gasteiger charge is 2.23. The Labute approximate surface area is 161 Å². The number of nitrogens with one attached hydrogen (secondary N) is 2. The van der Waals surface area contributed by atoms with E-state index in [2.05, 4.69) is 37.9 Å². The number of quaternary nitrogens is 1. The van der Waals surface area contributed by atoms with Gasteiger partial charge in [0.1, 0.15) is 5.69 Å². The van der Waals surface area contributed by atoms with Gasteiger partial charge in [-0.3, -0.25) is 14.9 Å². The maximum absolute atomic E-state index is 12.5. The molecule has 1 fully saturated rings. The Morgan fingerprint density at radius 1 is 1.19 bits per heavy atom. The van der Waals surface area contributed by atoms with E-state index in [4.69, 9.17) is 0 Å². The number of nitro benzene ring substituents is 1. The number of nitro groups is 1. The summed E-state index contributed by atoms with van der Waals surface area (Å²) in [6.07, 6.45) is 3.25. The molecule has 0 spiro atoms. The maximum atomic E-state index is 12.5. The van der Waals surface area contributed by atoms with Gasteiger partial charge in [-0.1, -0.05) is 0 Å². The molecule has 0 unspecified atom stereocenters. The molecule has 1 aromatic rings. The lowest BCUT2D eigenvalue weighted by atomic mass is 10.1. The number of carbonyl (C=O) groups excluding carboxylic acids is 1. The molecular formula is C20H33N4O3+. The molecule has 1 aliphatic heterocycles. The van der Waals surface area contributed by atoms with Crippen molar-refractivity contribution in [2.45, 2.75) is 59.0 Å². The number of piperidine rings is 1. The Bertz CT molecular complexity index is 647. The van der Waals surface area contributed by atoms with Crippen molar-refractivity contribution >= 4 is 17.3 Å². The number of amides is 1. The van der Waals surface area contributed by atoms with Crippen LogP contribution in [0.3, 0.4) is 0 Å². The van der Waals surface area contributed by atoms with Gasteiger partial charge in [0, 0.05) is 24.7 Å². The fraction of sp³-hybridized carbons (Fsp3) is 0.650. The summed E-state index contributed by atoms with van der Waals surface area (Å²) in [5.41, 5.74) is 0.978. The zero-order valence-electron chi connectivity index (χ0n) is 17.0. The minimum absolute atomic E-state index is 0.0150. The van der Waals surface area contributed by atoms with E-state index < -0.39 is 0 Å². The van der Waals surface area contributed by atoms with Gasteiger partial charge in [-0.25, -0.2) is 0 Å². The first-order valence-corrected chi connectivity index (χ1v) is 9.98. The number of carbonyl (C=O) groups is 1. The largest absolute Gasteiger partial charge is 0.366 e. The second-order valence-electron chi connectivity index (χ2n) is 7.90. The van der Waals surface area contributed by atoms with Gasteiger partial charge < -0.3 is 15.1 Å². The van der Waals surface area contributed by atoms with Gasteiger partial charge in [0.25, 0.3) is 11.6 Å². The van der Waals surface area contributed by atoms with Gasteiger partial charge in [0.2, 0.25) is 0 Å². The summed E-state index contributed by atoms with van der Waals surface area (Å²) in [5.74, 6) is -0.254. The molecule has 2 N–H and O–H groups in total. The van der Waals surface area contributed by atoms with Gasteiger partial charge >= 0.3 is 0 Å². The Kier molecular flexibility index (Phi) is 7.59. The van der Waals surface area contributed by atoms with Crippen molar-refractivity contribution in [2.75, 3.05) is 31.1 Å². The van der Waals surface area contributed by atoms with E-state index in [9.17, 15) is 14.9 Å². The van der Waals surface area contributed by atoms with Crippen LogP contribution in [0.25, 0.3) is 0 Å². The lowest BCUT2D eigenvalue weighted by molar-refractivity contribution is -0.941. The predicted molar refractivity (Wildman–Crippen MR) is 108 cm³/mol. The second kappa shape index (κ2) is 9.69. The van der Waals surface area contributed by atoms with Crippen molar-refractivity contribution in [1.82, 2.24) is 5.32 Å². The van der Waals surface area contributed by atoms with Crippen LogP contribution < -0.4 is 15.1 Å². The lowest BCUT2D eigenvalue weighted by Crippen LogP contribution is -3.18. The third-order valence-corrected chi connectivity index (χ3v) is 5.31. The molecule has 1 heterocycles. The third-order valence-electron chi connectivity index (χ3n) is 5.31. The molecule has 1 aromatic carbocycles. The molecule has 0 radical (unpaired) electrons. The molecular weight excluding hydrogens is 344 g/mol. The van der Waals surface area contributed by atoms with E-state index in [-0.39, 0.29) is 16.5 Å². The van der Waals surface area contributed by atoms with Gasteiger partial charge in [-0.05, 0) is 59.1 Å². The van der Waals surface area contributed by atoms with E-state index in [1.54, 1.807) is 12.1 Å². The third kappa shape index (κ3) is 5.66. The summed E-state index contributed by atoms with van der Waals surface area (Å²) in [6.45, 7) is 11.7. The molecule has 0 bridgehead atoms. The molecule has 2 rings (SSSR count). The van der Waals surface area contributed by atoms with E-state index in [0.29, 0.717) is 29.9 Å². The van der Waals surface area contributed by atoms with E-state index >= 15 is 0 Å². The standard InChI is InChI=1S/C20H32N4O3/c1-15(2)23(16(3)4)13-10-21-20(25)17-8-9-18(19(14-17)24(26)27)22-11-6-5-7-12-22/h8-9,14-16H,5-7,10-13H2,1-4H3,(H,21,25)/p+1. The van der Waals surface area contributed by atoms with Crippen molar-refractivity contribution in [3.63, 3.8) is 0 Å². The number of rotatable bonds is 8. The normalized spacial score (nSPS) is 14.9. The quantitative estimate of drug-likeness (QED) is 0.537. The fourth-order valence-corrected chi connectivity index (χ4v) is 3.88. The minimum atomic E-state index is -0.385. The Morgan fingerprint density at radius 2 is 1.81 bits per heavy atom. The van der Waals surface area contributed by atoms with Crippen molar-refractivity contribution in [1.29, 1.82) is 0 Å². The molecule has 27 heavy (non-hydrogen) atoms. The van der Waals surface area contributed by atoms with Crippen molar-refractivity contribution in [2.24, 2.45) is 0 Å². The highest BCUT2D eigenvalue weighted by Crippen LogP contribution is 2.31. The van der Waals surface area contributed by atoms with Crippen LogP contribution in [-0.2, 0) is 0 Å². The number of hydrogen-bond acceptors (Lipinski definition) is 4. The first-order chi connectivity index (χ1) is 12.8. The van der Waals surface area contributed by atoms with Gasteiger partial charge in [-0.2, -0.15) is 0 Å². The molecule has 0 saturated carbocycles. The zero-order valence-corrected chi connectivity index (χ0v) is 17.0. The highest BCUT2D eigenvalue weighted by molar-refractivity contribution is 5.95. The average molecular weight is 378 g/mol. The summed E-state index contributed by atoms with van der Waals surface area (Å²) >= 11 is 0. The Morgan fingerprint density at radius 3 is 2.37 bits per heavy atom. The number of hydrogen-bond donors (Lipinski definition) is 2. The van der Waals surface area contributed by atoms with Crippen LogP contribution in [0, 0.1) is 10.1 Å². The predicted octanol–water partition coefficient (Wildman–Crippen LogP) is 2.02. The van der Waals surface area contributed by atoms with Crippen molar-refractivity contribution in [3.8, 4) is 0 Å². The Balaban J connectivity index is 2.06. The number of anilines is 1. The van der Waals surface area contributed by atoms with Gasteiger partial charge in [0.05, 0.1) is 30.1 Å². The Hall–Kier alpha value is -2.15. The molecule has 1 amide bonds. The van der Waals surface area contributed by atoms with E-state index in [1.165, 1.54) is 11.0 Å². The molecule has 1 saturated heterocycles. The summed E-state index contributed by atoms with van der Waals surface area (Å²) in [7, 11) is 0. The summed E-state index contributed by atoms with van der Waals surface area (Å²) in [6, 6.07) is 5.79. The van der Waals surface area contributed by atoms with Crippen LogP contribution in [0.1, 0.15) is 57.3 Å². The average Bonchev–Trinajstić information content (AvgIpc) is 2.64. The second-order valence-corrected chi connectivity index (χ2v) is 7.90. The van der Waals surface area contributed by atoms with Crippen LogP contribution in [0.2, 0.25) is 0 Å². The first-order valence-electron chi connectivity index (χ1n) is 9.98. The molecule has 0 aliphatic carbocycles. The van der Waals surface area contributed by atoms with Crippen LogP contribution in [0.4, 0.5) is 11.4 Å². The number of nitrogens with zero attached hydrogens (tertiary/aromatic N) is 2. The molecule has 7 nitrogen and oxygen atoms in total. The SMILES string of the molecule is CC(C)[NH+](CCNC(=O)c1ccc(N2CCCCC2)c([N+](=O)[O-])c1)C(C)C.